The molecule has 2 atom stereocenters. The quantitative estimate of drug-likeness (QED) is 0.396. The molecular weight excluding hydrogens is 394 g/mol. The Morgan fingerprint density at radius 1 is 0.710 bits per heavy atom. The van der Waals surface area contributed by atoms with Gasteiger partial charge in [0, 0.05) is 18.1 Å². The van der Waals surface area contributed by atoms with Crippen molar-refractivity contribution in [3.05, 3.63) is 0 Å². The van der Waals surface area contributed by atoms with E-state index in [9.17, 15) is 19.2 Å². The fraction of sp³-hybridized carbons (Fsp3) is 0.833. The van der Waals surface area contributed by atoms with Crippen molar-refractivity contribution in [3.8, 4) is 0 Å². The van der Waals surface area contributed by atoms with E-state index in [1.54, 1.807) is 0 Å². The van der Waals surface area contributed by atoms with Gasteiger partial charge in [0.05, 0.1) is 0 Å². The minimum atomic E-state index is -1.25. The van der Waals surface area contributed by atoms with Gasteiger partial charge in [0.2, 0.25) is 17.6 Å². The van der Waals surface area contributed by atoms with E-state index >= 15 is 0 Å². The van der Waals surface area contributed by atoms with E-state index in [2.05, 4.69) is 10.6 Å². The minimum Gasteiger partial charge on any atom is -0.353 e. The van der Waals surface area contributed by atoms with E-state index in [-0.39, 0.29) is 24.0 Å². The first-order valence-corrected chi connectivity index (χ1v) is 12.5. The maximum atomic E-state index is 13.6. The lowest BCUT2D eigenvalue weighted by molar-refractivity contribution is -0.166. The molecule has 0 aromatic rings. The van der Waals surface area contributed by atoms with Crippen LogP contribution in [0, 0.1) is 5.92 Å². The summed E-state index contributed by atoms with van der Waals surface area (Å²) in [7, 11) is 0. The van der Waals surface area contributed by atoms with Crippen molar-refractivity contribution in [3.63, 3.8) is 0 Å². The number of hydrogen-bond acceptors (Lipinski definition) is 5. The van der Waals surface area contributed by atoms with Crippen LogP contribution in [-0.2, 0) is 19.2 Å². The molecule has 31 heavy (non-hydrogen) atoms. The number of rotatable bonds is 5. The molecule has 0 spiro atoms. The normalized spacial score (nSPS) is 29.9. The number of nitrogens with one attached hydrogen (secondary N) is 2. The van der Waals surface area contributed by atoms with Crippen molar-refractivity contribution >= 4 is 23.5 Å². The second-order valence-electron chi connectivity index (χ2n) is 9.97. The zero-order chi connectivity index (χ0) is 21.8. The number of amides is 3. The molecule has 0 aromatic heterocycles. The smallest absolute Gasteiger partial charge is 0.297 e. The SMILES string of the molecule is O=C(NC1CCCCC1)[C@@H]1C(=O)C(=O)N(C2CCCCC2)C(=O)[C@@H]1NC1CCCCC1. The molecule has 7 heteroatoms. The summed E-state index contributed by atoms with van der Waals surface area (Å²) in [6.45, 7) is 0. The molecule has 0 bridgehead atoms. The molecule has 3 aliphatic carbocycles. The van der Waals surface area contributed by atoms with E-state index in [0.29, 0.717) is 0 Å². The van der Waals surface area contributed by atoms with Crippen LogP contribution in [0.4, 0.5) is 0 Å². The topological polar surface area (TPSA) is 95.6 Å². The Morgan fingerprint density at radius 2 is 1.23 bits per heavy atom. The highest BCUT2D eigenvalue weighted by Crippen LogP contribution is 2.30. The molecule has 7 nitrogen and oxygen atoms in total. The molecule has 172 valence electrons. The predicted octanol–water partition coefficient (Wildman–Crippen LogP) is 2.61. The number of likely N-dealkylation sites (tertiary alicyclic amines) is 1. The van der Waals surface area contributed by atoms with Gasteiger partial charge in [-0.2, -0.15) is 0 Å². The Morgan fingerprint density at radius 3 is 1.81 bits per heavy atom. The Hall–Kier alpha value is -1.76. The number of piperidine rings is 1. The van der Waals surface area contributed by atoms with Gasteiger partial charge in [-0.1, -0.05) is 57.8 Å². The molecule has 2 N–H and O–H groups in total. The molecule has 4 rings (SSSR count). The first-order chi connectivity index (χ1) is 15.1. The van der Waals surface area contributed by atoms with Gasteiger partial charge in [-0.25, -0.2) is 0 Å². The van der Waals surface area contributed by atoms with Crippen LogP contribution in [0.25, 0.3) is 0 Å². The van der Waals surface area contributed by atoms with E-state index in [1.165, 1.54) is 11.3 Å². The number of imide groups is 1. The molecule has 0 aromatic carbocycles. The van der Waals surface area contributed by atoms with Crippen LogP contribution in [-0.4, -0.2) is 52.6 Å². The molecule has 3 saturated carbocycles. The third kappa shape index (κ3) is 5.02. The molecule has 1 saturated heterocycles. The lowest BCUT2D eigenvalue weighted by atomic mass is 9.83. The Kier molecular flexibility index (Phi) is 7.41. The van der Waals surface area contributed by atoms with E-state index in [1.807, 2.05) is 0 Å². The van der Waals surface area contributed by atoms with Crippen LogP contribution in [0.3, 0.4) is 0 Å². The van der Waals surface area contributed by atoms with Crippen LogP contribution < -0.4 is 10.6 Å². The van der Waals surface area contributed by atoms with Crippen LogP contribution in [0.15, 0.2) is 0 Å². The third-order valence-corrected chi connectivity index (χ3v) is 7.74. The summed E-state index contributed by atoms with van der Waals surface area (Å²) in [6, 6.07) is -0.998. The average Bonchev–Trinajstić information content (AvgIpc) is 2.80. The molecular formula is C24H37N3O4. The summed E-state index contributed by atoms with van der Waals surface area (Å²) in [4.78, 5) is 54.2. The summed E-state index contributed by atoms with van der Waals surface area (Å²) < 4.78 is 0. The van der Waals surface area contributed by atoms with Gasteiger partial charge in [-0.15, -0.1) is 0 Å². The maximum absolute atomic E-state index is 13.6. The lowest BCUT2D eigenvalue weighted by Crippen LogP contribution is -2.68. The van der Waals surface area contributed by atoms with Crippen LogP contribution in [0.1, 0.15) is 96.3 Å². The number of hydrogen-bond donors (Lipinski definition) is 2. The third-order valence-electron chi connectivity index (χ3n) is 7.74. The molecule has 1 aliphatic heterocycles. The van der Waals surface area contributed by atoms with Gasteiger partial charge in [-0.05, 0) is 38.5 Å². The Balaban J connectivity index is 1.56. The Labute approximate surface area is 185 Å². The minimum absolute atomic E-state index is 0.0333. The largest absolute Gasteiger partial charge is 0.353 e. The van der Waals surface area contributed by atoms with Gasteiger partial charge >= 0.3 is 0 Å². The standard InChI is InChI=1S/C24H37N3O4/c28-21-19(22(29)26-17-12-6-2-7-13-17)20(25-16-10-4-1-5-11-16)23(30)27(24(21)31)18-14-8-3-9-15-18/h16-20,25H,1-15H2,(H,26,29)/t19-,20+/m0/s1. The molecule has 3 amide bonds. The van der Waals surface area contributed by atoms with Crippen LogP contribution in [0.2, 0.25) is 0 Å². The lowest BCUT2D eigenvalue weighted by Gasteiger charge is -2.42. The number of Topliss-reactive ketones (excluding diaryl/α,β-unsaturated/α-hetero) is 1. The monoisotopic (exact) mass is 431 g/mol. The number of ketones is 1. The van der Waals surface area contributed by atoms with Gasteiger partial charge in [0.15, 0.2) is 0 Å². The molecule has 0 radical (unpaired) electrons. The summed E-state index contributed by atoms with van der Waals surface area (Å²) >= 11 is 0. The van der Waals surface area contributed by atoms with Crippen molar-refractivity contribution in [2.24, 2.45) is 5.92 Å². The van der Waals surface area contributed by atoms with Crippen LogP contribution >= 0.6 is 0 Å². The van der Waals surface area contributed by atoms with Crippen molar-refractivity contribution in [2.45, 2.75) is 120 Å². The van der Waals surface area contributed by atoms with E-state index in [0.717, 1.165) is 89.9 Å². The fourth-order valence-corrected chi connectivity index (χ4v) is 5.98. The average molecular weight is 432 g/mol. The molecule has 1 heterocycles. The highest BCUT2D eigenvalue weighted by atomic mass is 16.2. The van der Waals surface area contributed by atoms with Crippen molar-refractivity contribution < 1.29 is 19.2 Å². The first kappa shape index (κ1) is 22.4. The van der Waals surface area contributed by atoms with Crippen LogP contribution in [0.5, 0.6) is 0 Å². The molecule has 4 aliphatic rings. The summed E-state index contributed by atoms with van der Waals surface area (Å²) in [5, 5.41) is 6.37. The highest BCUT2D eigenvalue weighted by molar-refractivity contribution is 6.45. The van der Waals surface area contributed by atoms with Gasteiger partial charge in [-0.3, -0.25) is 24.1 Å². The summed E-state index contributed by atoms with van der Waals surface area (Å²) in [5.41, 5.74) is 0. The van der Waals surface area contributed by atoms with Gasteiger partial charge in [0.1, 0.15) is 12.0 Å². The van der Waals surface area contributed by atoms with Crippen molar-refractivity contribution in [2.75, 3.05) is 0 Å². The summed E-state index contributed by atoms with van der Waals surface area (Å²) in [6.07, 6.45) is 14.8. The highest BCUT2D eigenvalue weighted by Gasteiger charge is 2.53. The number of carbonyl (C=O) groups is 4. The first-order valence-electron chi connectivity index (χ1n) is 12.5. The zero-order valence-electron chi connectivity index (χ0n) is 18.6. The summed E-state index contributed by atoms with van der Waals surface area (Å²) in [5.74, 6) is -3.56. The maximum Gasteiger partial charge on any atom is 0.297 e. The van der Waals surface area contributed by atoms with Crippen molar-refractivity contribution in [1.29, 1.82) is 0 Å². The zero-order valence-corrected chi connectivity index (χ0v) is 18.6. The van der Waals surface area contributed by atoms with Gasteiger partial charge < -0.3 is 10.6 Å². The second kappa shape index (κ2) is 10.2. The van der Waals surface area contributed by atoms with Gasteiger partial charge in [0.25, 0.3) is 5.91 Å². The fourth-order valence-electron chi connectivity index (χ4n) is 5.98. The second-order valence-corrected chi connectivity index (χ2v) is 9.97. The number of carbonyl (C=O) groups excluding carboxylic acids is 4. The Bertz CT molecular complexity index is 691. The number of nitrogens with zero attached hydrogens (tertiary/aromatic N) is 1. The predicted molar refractivity (Wildman–Crippen MR) is 116 cm³/mol. The van der Waals surface area contributed by atoms with Crippen molar-refractivity contribution in [1.82, 2.24) is 15.5 Å². The van der Waals surface area contributed by atoms with E-state index in [4.69, 9.17) is 0 Å². The molecule has 0 unspecified atom stereocenters. The van der Waals surface area contributed by atoms with E-state index < -0.39 is 29.6 Å². The molecule has 4 fully saturated rings.